The molecule has 0 bridgehead atoms. The fraction of sp³-hybridized carbons (Fsp3) is 0.250. The third-order valence-electron chi connectivity index (χ3n) is 2.33. The molecule has 0 saturated heterocycles. The molecule has 1 N–H and O–H groups in total. The molecule has 0 unspecified atom stereocenters. The van der Waals surface area contributed by atoms with Gasteiger partial charge in [-0.15, -0.1) is 0 Å². The molecule has 2 heterocycles. The van der Waals surface area contributed by atoms with Crippen LogP contribution in [-0.2, 0) is 13.0 Å². The van der Waals surface area contributed by atoms with E-state index in [1.54, 1.807) is 12.4 Å². The summed E-state index contributed by atoms with van der Waals surface area (Å²) in [5.41, 5.74) is 2.41. The lowest BCUT2D eigenvalue weighted by Gasteiger charge is -2.01. The minimum absolute atomic E-state index is 0.208. The lowest BCUT2D eigenvalue weighted by molar-refractivity contribution is 0.299. The second-order valence-electron chi connectivity index (χ2n) is 3.52. The van der Waals surface area contributed by atoms with E-state index in [2.05, 4.69) is 15.7 Å². The van der Waals surface area contributed by atoms with Crippen LogP contribution >= 0.6 is 0 Å². The molecular formula is C12H14N2O. The Bertz CT molecular complexity index is 409. The molecule has 2 aromatic rings. The molecule has 0 aliphatic heterocycles. The highest BCUT2D eigenvalue weighted by molar-refractivity contribution is 5.15. The first-order valence-electron chi connectivity index (χ1n) is 5.03. The van der Waals surface area contributed by atoms with E-state index in [4.69, 9.17) is 5.11 Å². The van der Waals surface area contributed by atoms with Crippen LogP contribution in [0.2, 0.25) is 0 Å². The van der Waals surface area contributed by atoms with Crippen LogP contribution in [0.25, 0.3) is 0 Å². The average Bonchev–Trinajstić information content (AvgIpc) is 2.68. The van der Waals surface area contributed by atoms with Gasteiger partial charge in [0.2, 0.25) is 0 Å². The summed E-state index contributed by atoms with van der Waals surface area (Å²) in [4.78, 5) is 3.98. The monoisotopic (exact) mass is 202 g/mol. The standard InChI is InChI=1S/C12H14N2O/c15-8-4-12-3-7-14(10-12)9-11-1-5-13-6-2-11/h1-3,5-7,10,15H,4,8-9H2. The Morgan fingerprint density at radius 3 is 2.67 bits per heavy atom. The van der Waals surface area contributed by atoms with Gasteiger partial charge >= 0.3 is 0 Å². The molecule has 0 aromatic carbocycles. The van der Waals surface area contributed by atoms with E-state index in [1.807, 2.05) is 24.4 Å². The minimum Gasteiger partial charge on any atom is -0.396 e. The maximum atomic E-state index is 8.80. The van der Waals surface area contributed by atoms with Crippen molar-refractivity contribution in [1.29, 1.82) is 0 Å². The third-order valence-corrected chi connectivity index (χ3v) is 2.33. The first kappa shape index (κ1) is 9.93. The number of aromatic nitrogens is 2. The van der Waals surface area contributed by atoms with E-state index in [0.717, 1.165) is 13.0 Å². The number of hydrogen-bond acceptors (Lipinski definition) is 2. The number of pyridine rings is 1. The summed E-state index contributed by atoms with van der Waals surface area (Å²) in [6.07, 6.45) is 8.42. The van der Waals surface area contributed by atoms with Gasteiger partial charge in [-0.1, -0.05) is 0 Å². The van der Waals surface area contributed by atoms with Gasteiger partial charge in [-0.05, 0) is 35.7 Å². The molecule has 3 heteroatoms. The van der Waals surface area contributed by atoms with Crippen molar-refractivity contribution in [2.24, 2.45) is 0 Å². The van der Waals surface area contributed by atoms with Crippen molar-refractivity contribution in [1.82, 2.24) is 9.55 Å². The van der Waals surface area contributed by atoms with Crippen molar-refractivity contribution in [2.75, 3.05) is 6.61 Å². The average molecular weight is 202 g/mol. The molecule has 2 aromatic heterocycles. The van der Waals surface area contributed by atoms with Crippen molar-refractivity contribution < 1.29 is 5.11 Å². The minimum atomic E-state index is 0.208. The summed E-state index contributed by atoms with van der Waals surface area (Å²) in [6.45, 7) is 1.06. The molecular weight excluding hydrogens is 188 g/mol. The van der Waals surface area contributed by atoms with E-state index in [1.165, 1.54) is 11.1 Å². The summed E-state index contributed by atoms with van der Waals surface area (Å²) >= 11 is 0. The highest BCUT2D eigenvalue weighted by Crippen LogP contribution is 2.05. The first-order chi connectivity index (χ1) is 7.38. The number of rotatable bonds is 4. The highest BCUT2D eigenvalue weighted by atomic mass is 16.2. The maximum Gasteiger partial charge on any atom is 0.0472 e. The van der Waals surface area contributed by atoms with Crippen molar-refractivity contribution in [3.8, 4) is 0 Å². The van der Waals surface area contributed by atoms with Gasteiger partial charge < -0.3 is 9.67 Å². The zero-order chi connectivity index (χ0) is 10.5. The molecule has 3 nitrogen and oxygen atoms in total. The zero-order valence-corrected chi connectivity index (χ0v) is 8.50. The SMILES string of the molecule is OCCc1ccn(Cc2ccncc2)c1. The molecule has 15 heavy (non-hydrogen) atoms. The van der Waals surface area contributed by atoms with Crippen LogP contribution in [0.1, 0.15) is 11.1 Å². The number of aliphatic hydroxyl groups is 1. The number of nitrogens with zero attached hydrogens (tertiary/aromatic N) is 2. The van der Waals surface area contributed by atoms with Crippen molar-refractivity contribution in [3.63, 3.8) is 0 Å². The Kier molecular flexibility index (Phi) is 3.15. The van der Waals surface area contributed by atoms with Gasteiger partial charge in [0.25, 0.3) is 0 Å². The predicted octanol–water partition coefficient (Wildman–Crippen LogP) is 1.47. The van der Waals surface area contributed by atoms with Gasteiger partial charge in [0.1, 0.15) is 0 Å². The summed E-state index contributed by atoms with van der Waals surface area (Å²) < 4.78 is 2.11. The van der Waals surface area contributed by atoms with Gasteiger partial charge in [-0.2, -0.15) is 0 Å². The normalized spacial score (nSPS) is 10.5. The molecule has 0 aliphatic rings. The van der Waals surface area contributed by atoms with Gasteiger partial charge in [0.15, 0.2) is 0 Å². The van der Waals surface area contributed by atoms with Crippen LogP contribution in [-0.4, -0.2) is 21.3 Å². The van der Waals surface area contributed by atoms with Crippen LogP contribution in [0, 0.1) is 0 Å². The predicted molar refractivity (Wildman–Crippen MR) is 58.6 cm³/mol. The van der Waals surface area contributed by atoms with E-state index < -0.39 is 0 Å². The molecule has 0 spiro atoms. The summed E-state index contributed by atoms with van der Waals surface area (Å²) in [6, 6.07) is 6.05. The van der Waals surface area contributed by atoms with Crippen LogP contribution in [0.3, 0.4) is 0 Å². The van der Waals surface area contributed by atoms with E-state index in [0.29, 0.717) is 0 Å². The molecule has 2 rings (SSSR count). The largest absolute Gasteiger partial charge is 0.396 e. The zero-order valence-electron chi connectivity index (χ0n) is 8.50. The van der Waals surface area contributed by atoms with Crippen LogP contribution in [0.5, 0.6) is 0 Å². The molecule has 0 atom stereocenters. The molecule has 0 radical (unpaired) electrons. The second kappa shape index (κ2) is 4.75. The summed E-state index contributed by atoms with van der Waals surface area (Å²) in [7, 11) is 0. The van der Waals surface area contributed by atoms with Crippen molar-refractivity contribution in [3.05, 3.63) is 54.1 Å². The van der Waals surface area contributed by atoms with Gasteiger partial charge in [-0.3, -0.25) is 4.98 Å². The first-order valence-corrected chi connectivity index (χ1v) is 5.03. The summed E-state index contributed by atoms with van der Waals surface area (Å²) in [5.74, 6) is 0. The maximum absolute atomic E-state index is 8.80. The van der Waals surface area contributed by atoms with Crippen molar-refractivity contribution >= 4 is 0 Å². The Hall–Kier alpha value is -1.61. The Morgan fingerprint density at radius 1 is 1.13 bits per heavy atom. The Labute approximate surface area is 89.0 Å². The smallest absolute Gasteiger partial charge is 0.0472 e. The Balaban J connectivity index is 2.05. The van der Waals surface area contributed by atoms with Crippen LogP contribution < -0.4 is 0 Å². The topological polar surface area (TPSA) is 38.0 Å². The lowest BCUT2D eigenvalue weighted by atomic mass is 10.2. The van der Waals surface area contributed by atoms with Gasteiger partial charge in [-0.25, -0.2) is 0 Å². The lowest BCUT2D eigenvalue weighted by Crippen LogP contribution is -1.96. The molecule has 78 valence electrons. The number of aliphatic hydroxyl groups excluding tert-OH is 1. The second-order valence-corrected chi connectivity index (χ2v) is 3.52. The fourth-order valence-corrected chi connectivity index (χ4v) is 1.56. The number of hydrogen-bond donors (Lipinski definition) is 1. The Morgan fingerprint density at radius 2 is 1.93 bits per heavy atom. The van der Waals surface area contributed by atoms with E-state index in [9.17, 15) is 0 Å². The fourth-order valence-electron chi connectivity index (χ4n) is 1.56. The van der Waals surface area contributed by atoms with E-state index in [-0.39, 0.29) is 6.61 Å². The van der Waals surface area contributed by atoms with Crippen molar-refractivity contribution in [2.45, 2.75) is 13.0 Å². The van der Waals surface area contributed by atoms with Crippen LogP contribution in [0.15, 0.2) is 43.0 Å². The highest BCUT2D eigenvalue weighted by Gasteiger charge is 1.97. The van der Waals surface area contributed by atoms with E-state index >= 15 is 0 Å². The third kappa shape index (κ3) is 2.67. The van der Waals surface area contributed by atoms with Crippen LogP contribution in [0.4, 0.5) is 0 Å². The molecule has 0 saturated carbocycles. The quantitative estimate of drug-likeness (QED) is 0.815. The molecule has 0 amide bonds. The molecule has 0 aliphatic carbocycles. The van der Waals surface area contributed by atoms with Gasteiger partial charge in [0, 0.05) is 37.9 Å². The summed E-state index contributed by atoms with van der Waals surface area (Å²) in [5, 5.41) is 8.80. The molecule has 0 fully saturated rings. The van der Waals surface area contributed by atoms with Gasteiger partial charge in [0.05, 0.1) is 0 Å².